The second-order valence-corrected chi connectivity index (χ2v) is 12.8. The Morgan fingerprint density at radius 1 is 0.471 bits per heavy atom. The van der Waals surface area contributed by atoms with Crippen LogP contribution in [0, 0.1) is 0 Å². The lowest BCUT2D eigenvalue weighted by Crippen LogP contribution is -2.18. The van der Waals surface area contributed by atoms with Gasteiger partial charge in [-0.3, -0.25) is 9.59 Å². The number of amides is 2. The van der Waals surface area contributed by atoms with Crippen molar-refractivity contribution in [3.8, 4) is 23.0 Å². The Hall–Kier alpha value is -6.80. The number of rotatable bonds is 8. The van der Waals surface area contributed by atoms with Crippen LogP contribution >= 0.6 is 0 Å². The quantitative estimate of drug-likeness (QED) is 0.169. The molecule has 8 heteroatoms. The van der Waals surface area contributed by atoms with Gasteiger partial charge < -0.3 is 20.1 Å². The largest absolute Gasteiger partial charge is 0.457 e. The first-order valence-electron chi connectivity index (χ1n) is 16.6. The minimum Gasteiger partial charge on any atom is -0.457 e. The molecular weight excluding hydrogens is 636 g/mol. The van der Waals surface area contributed by atoms with Crippen LogP contribution < -0.4 is 20.1 Å². The van der Waals surface area contributed by atoms with E-state index in [1.807, 2.05) is 121 Å². The predicted octanol–water partition coefficient (Wildman–Crippen LogP) is 9.74. The van der Waals surface area contributed by atoms with Crippen LogP contribution in [0.2, 0.25) is 0 Å². The molecule has 2 N–H and O–H groups in total. The number of para-hydroxylation sites is 2. The average molecular weight is 669 g/mol. The lowest BCUT2D eigenvalue weighted by Gasteiger charge is -2.27. The van der Waals surface area contributed by atoms with Crippen LogP contribution in [0.15, 0.2) is 156 Å². The molecule has 0 atom stereocenters. The highest BCUT2D eigenvalue weighted by Crippen LogP contribution is 2.36. The highest BCUT2D eigenvalue weighted by Gasteiger charge is 2.27. The topological polar surface area (TPSA) is 101 Å². The van der Waals surface area contributed by atoms with E-state index < -0.39 is 0 Å². The fourth-order valence-electron chi connectivity index (χ4n) is 6.19. The van der Waals surface area contributed by atoms with Crippen LogP contribution in [-0.2, 0) is 15.0 Å². The summed E-state index contributed by atoms with van der Waals surface area (Å²) >= 11 is 0. The van der Waals surface area contributed by atoms with Gasteiger partial charge in [-0.05, 0) is 96.1 Å². The number of hydrogen-bond acceptors (Lipinski definition) is 6. The maximum Gasteiger partial charge on any atom is 0.275 e. The van der Waals surface area contributed by atoms with E-state index in [1.165, 1.54) is 0 Å². The van der Waals surface area contributed by atoms with Gasteiger partial charge >= 0.3 is 0 Å². The Labute approximate surface area is 295 Å². The molecule has 51 heavy (non-hydrogen) atoms. The van der Waals surface area contributed by atoms with Gasteiger partial charge in [-0.25, -0.2) is 9.98 Å². The van der Waals surface area contributed by atoms with E-state index in [9.17, 15) is 9.59 Å². The first-order chi connectivity index (χ1) is 24.8. The molecule has 8 rings (SSSR count). The summed E-state index contributed by atoms with van der Waals surface area (Å²) in [5, 5.41) is 5.70. The molecule has 0 bridgehead atoms. The van der Waals surface area contributed by atoms with Crippen LogP contribution in [0.3, 0.4) is 0 Å². The van der Waals surface area contributed by atoms with Gasteiger partial charge in [0.05, 0.1) is 22.7 Å². The van der Waals surface area contributed by atoms with Gasteiger partial charge in [-0.2, -0.15) is 0 Å². The monoisotopic (exact) mass is 668 g/mol. The number of benzene rings is 6. The summed E-state index contributed by atoms with van der Waals surface area (Å²) in [5.41, 5.74) is 7.17. The van der Waals surface area contributed by atoms with E-state index in [4.69, 9.17) is 9.47 Å². The Balaban J connectivity index is 0.922. The number of carbonyl (C=O) groups excluding carboxylic acids is 2. The molecule has 2 amide bonds. The Morgan fingerprint density at radius 2 is 0.922 bits per heavy atom. The van der Waals surface area contributed by atoms with E-state index in [2.05, 4.69) is 58.7 Å². The van der Waals surface area contributed by atoms with Crippen molar-refractivity contribution in [2.45, 2.75) is 19.3 Å². The third-order valence-corrected chi connectivity index (χ3v) is 9.05. The van der Waals surface area contributed by atoms with E-state index in [0.717, 1.165) is 39.4 Å². The van der Waals surface area contributed by atoms with Crippen LogP contribution in [0.1, 0.15) is 36.1 Å². The van der Waals surface area contributed by atoms with Gasteiger partial charge in [-0.15, -0.1) is 0 Å². The number of aliphatic imine (C=N–C) groups is 2. The molecule has 0 aliphatic carbocycles. The Kier molecular flexibility index (Phi) is 7.96. The smallest absolute Gasteiger partial charge is 0.275 e. The number of fused-ring (bicyclic) bond motifs is 2. The molecule has 2 aliphatic rings. The average Bonchev–Trinajstić information content (AvgIpc) is 3.64. The molecule has 6 aromatic rings. The lowest BCUT2D eigenvalue weighted by molar-refractivity contribution is -0.110. The summed E-state index contributed by atoms with van der Waals surface area (Å²) < 4.78 is 12.4. The minimum atomic E-state index is -0.317. The lowest BCUT2D eigenvalue weighted by atomic mass is 9.78. The van der Waals surface area contributed by atoms with Crippen molar-refractivity contribution in [1.82, 2.24) is 0 Å². The number of nitrogens with zero attached hydrogens (tertiary/aromatic N) is 2. The third kappa shape index (κ3) is 6.38. The van der Waals surface area contributed by atoms with Gasteiger partial charge in [0.25, 0.3) is 11.8 Å². The number of nitrogens with one attached hydrogen (secondary N) is 2. The van der Waals surface area contributed by atoms with Crippen LogP contribution in [0.4, 0.5) is 22.7 Å². The molecule has 248 valence electrons. The Morgan fingerprint density at radius 3 is 1.43 bits per heavy atom. The molecule has 0 radical (unpaired) electrons. The van der Waals surface area contributed by atoms with Gasteiger partial charge in [0.2, 0.25) is 0 Å². The van der Waals surface area contributed by atoms with Crippen molar-refractivity contribution >= 4 is 46.0 Å². The normalized spacial score (nSPS) is 14.9. The first kappa shape index (κ1) is 31.5. The summed E-state index contributed by atoms with van der Waals surface area (Å²) in [6, 6.07) is 45.9. The highest BCUT2D eigenvalue weighted by atomic mass is 16.5. The highest BCUT2D eigenvalue weighted by molar-refractivity contribution is 6.54. The van der Waals surface area contributed by atoms with Crippen molar-refractivity contribution in [3.63, 3.8) is 0 Å². The molecule has 0 spiro atoms. The molecule has 0 unspecified atom stereocenters. The Bertz CT molecular complexity index is 2360. The molecular formula is C43H32N4O4. The summed E-state index contributed by atoms with van der Waals surface area (Å²) in [6.45, 7) is 4.35. The summed E-state index contributed by atoms with van der Waals surface area (Å²) in [6.07, 6.45) is 0. The molecule has 0 saturated carbocycles. The van der Waals surface area contributed by atoms with Crippen LogP contribution in [0.5, 0.6) is 23.0 Å². The van der Waals surface area contributed by atoms with Gasteiger partial charge in [0, 0.05) is 16.5 Å². The van der Waals surface area contributed by atoms with Crippen molar-refractivity contribution in [1.29, 1.82) is 0 Å². The number of anilines is 2. The number of ether oxygens (including phenoxy) is 2. The van der Waals surface area contributed by atoms with E-state index in [-0.39, 0.29) is 17.2 Å². The molecule has 8 nitrogen and oxygen atoms in total. The third-order valence-electron chi connectivity index (χ3n) is 9.05. The molecule has 6 aromatic carbocycles. The fourth-order valence-corrected chi connectivity index (χ4v) is 6.19. The summed E-state index contributed by atoms with van der Waals surface area (Å²) in [5.74, 6) is 2.35. The van der Waals surface area contributed by atoms with Gasteiger partial charge in [-0.1, -0.05) is 74.5 Å². The van der Waals surface area contributed by atoms with E-state index >= 15 is 0 Å². The summed E-state index contributed by atoms with van der Waals surface area (Å²) in [4.78, 5) is 34.0. The molecule has 2 aliphatic heterocycles. The second-order valence-electron chi connectivity index (χ2n) is 12.8. The zero-order chi connectivity index (χ0) is 35.0. The molecule has 0 saturated heterocycles. The SMILES string of the molecule is CC(C)(c1ccc(Oc2ccc(N=C3C(=O)Nc4ccccc43)cc2)cc1)c1cccc(Oc2ccc(N=C3C(=O)Nc4ccccc43)cc2)c1. The maximum absolute atomic E-state index is 12.5. The predicted molar refractivity (Wildman–Crippen MR) is 201 cm³/mol. The molecule has 0 aromatic heterocycles. The molecule has 2 heterocycles. The van der Waals surface area contributed by atoms with Crippen molar-refractivity contribution in [2.24, 2.45) is 9.98 Å². The van der Waals surface area contributed by atoms with E-state index in [1.54, 1.807) is 0 Å². The van der Waals surface area contributed by atoms with Crippen LogP contribution in [-0.4, -0.2) is 23.2 Å². The minimum absolute atomic E-state index is 0.208. The zero-order valence-electron chi connectivity index (χ0n) is 27.9. The van der Waals surface area contributed by atoms with Gasteiger partial charge in [0.15, 0.2) is 0 Å². The second kappa shape index (κ2) is 12.9. The van der Waals surface area contributed by atoms with E-state index in [0.29, 0.717) is 40.0 Å². The fraction of sp³-hybridized carbons (Fsp3) is 0.0698. The van der Waals surface area contributed by atoms with Gasteiger partial charge in [0.1, 0.15) is 34.4 Å². The number of hydrogen-bond donors (Lipinski definition) is 2. The number of carbonyl (C=O) groups is 2. The first-order valence-corrected chi connectivity index (χ1v) is 16.6. The standard InChI is InChI=1S/C43H32N4O4/c1-43(2,27-14-20-31(21-15-27)50-32-22-16-29(17-23-32)44-39-35-10-3-5-12-37(35)46-41(39)48)28-8-7-9-34(26-28)51-33-24-18-30(19-25-33)45-40-36-11-4-6-13-38(36)47-42(40)49/h3-26H,1-2H3,(H,44,46,48)(H,45,47,49). The van der Waals surface area contributed by atoms with Crippen LogP contribution in [0.25, 0.3) is 0 Å². The van der Waals surface area contributed by atoms with Crippen molar-refractivity contribution < 1.29 is 19.1 Å². The van der Waals surface area contributed by atoms with Crippen molar-refractivity contribution in [2.75, 3.05) is 10.6 Å². The zero-order valence-corrected chi connectivity index (χ0v) is 27.9. The maximum atomic E-state index is 12.5. The summed E-state index contributed by atoms with van der Waals surface area (Å²) in [7, 11) is 0. The van der Waals surface area contributed by atoms with Crippen molar-refractivity contribution in [3.05, 3.63) is 168 Å². The molecule has 0 fully saturated rings.